The zero-order chi connectivity index (χ0) is 44.1. The van der Waals surface area contributed by atoms with Crippen LogP contribution in [0.2, 0.25) is 0 Å². The van der Waals surface area contributed by atoms with Crippen LogP contribution in [0.3, 0.4) is 0 Å². The van der Waals surface area contributed by atoms with E-state index in [0.29, 0.717) is 22.3 Å². The van der Waals surface area contributed by atoms with E-state index in [1.807, 2.05) is 26.0 Å². The van der Waals surface area contributed by atoms with Crippen molar-refractivity contribution in [2.75, 3.05) is 7.11 Å². The number of nitrogens with two attached hydrogens (primary N) is 2. The van der Waals surface area contributed by atoms with E-state index < -0.39 is 41.0 Å². The molecule has 0 atom stereocenters. The van der Waals surface area contributed by atoms with E-state index >= 15 is 0 Å². The fourth-order valence-corrected chi connectivity index (χ4v) is 6.54. The number of methoxy groups -OCH3 is 1. The number of aromatic hydroxyl groups is 2. The third-order valence-corrected chi connectivity index (χ3v) is 9.34. The van der Waals surface area contributed by atoms with Gasteiger partial charge in [0.1, 0.15) is 23.1 Å². The molecular weight excluding hydrogens is 797 g/mol. The Morgan fingerprint density at radius 1 is 0.583 bits per heavy atom. The first-order valence-corrected chi connectivity index (χ1v) is 17.8. The highest BCUT2D eigenvalue weighted by Gasteiger charge is 2.35. The fraction of sp³-hybridized carbons (Fsp3) is 0.136. The molecule has 6 aromatic carbocycles. The molecule has 0 aliphatic heterocycles. The third kappa shape index (κ3) is 9.55. The number of ether oxygens (including phenoxy) is 1. The Hall–Kier alpha value is -7.23. The lowest BCUT2D eigenvalue weighted by molar-refractivity contribution is -0.138. The van der Waals surface area contributed by atoms with Crippen LogP contribution in [0.1, 0.15) is 47.6 Å². The SMILES string of the molecule is CC(C)c1ccccc1-c1c(C(N)=NO)cc(C(F)(F)F)cc1-c1ccc(O)cc1.COc1cc(F)ccc1-c1c(C(N)=NO)cc(C(F)(F)F)cc1-c1ccc(O)cc1. The first-order valence-electron chi connectivity index (χ1n) is 17.8. The molecule has 16 heteroatoms. The molecular formula is C44H37F7N4O5. The molecule has 0 amide bonds. The smallest absolute Gasteiger partial charge is 0.416 e. The topological polar surface area (TPSA) is 167 Å². The predicted octanol–water partition coefficient (Wildman–Crippen LogP) is 11.0. The van der Waals surface area contributed by atoms with E-state index in [1.165, 1.54) is 61.7 Å². The monoisotopic (exact) mass is 834 g/mol. The number of amidine groups is 2. The number of nitrogens with zero attached hydrogens (tertiary/aromatic N) is 2. The van der Waals surface area contributed by atoms with Crippen LogP contribution >= 0.6 is 0 Å². The quantitative estimate of drug-likeness (QED) is 0.0292. The number of alkyl halides is 6. The summed E-state index contributed by atoms with van der Waals surface area (Å²) >= 11 is 0. The van der Waals surface area contributed by atoms with E-state index in [0.717, 1.165) is 42.0 Å². The first-order chi connectivity index (χ1) is 28.3. The van der Waals surface area contributed by atoms with Gasteiger partial charge in [-0.2, -0.15) is 26.3 Å². The molecule has 0 radical (unpaired) electrons. The lowest BCUT2D eigenvalue weighted by Crippen LogP contribution is -2.17. The standard InChI is InChI=1S/C23H21F3N2O2.C21H16F4N2O3/c1-13(2)17-5-3-4-6-18(17)21-19(14-7-9-16(29)10-8-14)11-15(23(24,25)26)12-20(21)22(27)28-30;1-30-18-10-13(22)4-7-15(18)19-16(11-2-5-14(28)6-3-11)8-12(21(23,24)25)9-17(19)20(26)27-29/h3-13,29-30H,1-2H3,(H2,27,28);2-10,28-29H,1H3,(H2,26,27). The second-order valence-electron chi connectivity index (χ2n) is 13.5. The van der Waals surface area contributed by atoms with Crippen LogP contribution in [0.25, 0.3) is 44.5 Å². The van der Waals surface area contributed by atoms with Crippen molar-refractivity contribution in [1.82, 2.24) is 0 Å². The highest BCUT2D eigenvalue weighted by Crippen LogP contribution is 2.45. The maximum absolute atomic E-state index is 13.7. The van der Waals surface area contributed by atoms with Gasteiger partial charge in [0.05, 0.1) is 18.2 Å². The van der Waals surface area contributed by atoms with Gasteiger partial charge < -0.3 is 36.8 Å². The van der Waals surface area contributed by atoms with E-state index in [9.17, 15) is 51.4 Å². The van der Waals surface area contributed by atoms with Gasteiger partial charge in [0.15, 0.2) is 11.7 Å². The van der Waals surface area contributed by atoms with Crippen LogP contribution in [0.5, 0.6) is 17.2 Å². The maximum Gasteiger partial charge on any atom is 0.416 e. The molecule has 0 unspecified atom stereocenters. The Morgan fingerprint density at radius 2 is 1.02 bits per heavy atom. The number of benzene rings is 6. The summed E-state index contributed by atoms with van der Waals surface area (Å²) in [5.74, 6) is -1.57. The molecule has 0 saturated heterocycles. The van der Waals surface area contributed by atoms with Crippen LogP contribution < -0.4 is 16.2 Å². The second-order valence-corrected chi connectivity index (χ2v) is 13.5. The van der Waals surface area contributed by atoms with Crippen molar-refractivity contribution in [3.63, 3.8) is 0 Å². The minimum Gasteiger partial charge on any atom is -0.508 e. The van der Waals surface area contributed by atoms with Crippen molar-refractivity contribution in [3.8, 4) is 61.8 Å². The normalized spacial score (nSPS) is 12.2. The summed E-state index contributed by atoms with van der Waals surface area (Å²) in [6, 6.07) is 25.8. The molecule has 0 aliphatic carbocycles. The predicted molar refractivity (Wildman–Crippen MR) is 214 cm³/mol. The van der Waals surface area contributed by atoms with Crippen LogP contribution in [0.15, 0.2) is 126 Å². The molecule has 0 aliphatic rings. The minimum absolute atomic E-state index is 0.00786. The van der Waals surface area contributed by atoms with Gasteiger partial charge in [-0.05, 0) is 100.0 Å². The molecule has 9 nitrogen and oxygen atoms in total. The lowest BCUT2D eigenvalue weighted by Gasteiger charge is -2.21. The maximum atomic E-state index is 13.7. The number of halogens is 7. The molecule has 60 heavy (non-hydrogen) atoms. The largest absolute Gasteiger partial charge is 0.508 e. The fourth-order valence-electron chi connectivity index (χ4n) is 6.54. The molecule has 312 valence electrons. The Balaban J connectivity index is 0.000000228. The summed E-state index contributed by atoms with van der Waals surface area (Å²) in [5, 5.41) is 43.5. The lowest BCUT2D eigenvalue weighted by atomic mass is 9.84. The summed E-state index contributed by atoms with van der Waals surface area (Å²) in [6.07, 6.45) is -9.35. The molecule has 0 saturated carbocycles. The highest BCUT2D eigenvalue weighted by atomic mass is 19.4. The Kier molecular flexibility index (Phi) is 13.0. The highest BCUT2D eigenvalue weighted by molar-refractivity contribution is 6.08. The zero-order valence-electron chi connectivity index (χ0n) is 31.9. The van der Waals surface area contributed by atoms with Crippen LogP contribution in [-0.2, 0) is 12.4 Å². The van der Waals surface area contributed by atoms with Crippen molar-refractivity contribution < 1.29 is 56.1 Å². The van der Waals surface area contributed by atoms with Crippen molar-refractivity contribution in [1.29, 1.82) is 0 Å². The number of hydrogen-bond donors (Lipinski definition) is 6. The molecule has 0 spiro atoms. The molecule has 0 heterocycles. The molecule has 0 bridgehead atoms. The van der Waals surface area contributed by atoms with Crippen LogP contribution in [0.4, 0.5) is 30.7 Å². The minimum atomic E-state index is -4.72. The van der Waals surface area contributed by atoms with E-state index in [2.05, 4.69) is 10.3 Å². The number of phenolic OH excluding ortho intramolecular Hbond substituents is 2. The third-order valence-electron chi connectivity index (χ3n) is 9.34. The summed E-state index contributed by atoms with van der Waals surface area (Å²) in [4.78, 5) is 0. The molecule has 0 fully saturated rings. The Labute approximate surface area is 338 Å². The number of rotatable bonds is 8. The van der Waals surface area contributed by atoms with Crippen molar-refractivity contribution in [2.24, 2.45) is 21.8 Å². The second kappa shape index (κ2) is 17.7. The summed E-state index contributed by atoms with van der Waals surface area (Å²) in [5.41, 5.74) is 12.8. The first kappa shape index (κ1) is 43.9. The summed E-state index contributed by atoms with van der Waals surface area (Å²) in [7, 11) is 1.28. The van der Waals surface area contributed by atoms with Gasteiger partial charge in [-0.15, -0.1) is 0 Å². The van der Waals surface area contributed by atoms with Gasteiger partial charge in [0.25, 0.3) is 0 Å². The average molecular weight is 835 g/mol. The van der Waals surface area contributed by atoms with E-state index in [-0.39, 0.29) is 56.5 Å². The van der Waals surface area contributed by atoms with Crippen LogP contribution in [0, 0.1) is 5.82 Å². The zero-order valence-corrected chi connectivity index (χ0v) is 31.9. The summed E-state index contributed by atoms with van der Waals surface area (Å²) in [6.45, 7) is 3.96. The van der Waals surface area contributed by atoms with Gasteiger partial charge in [-0.3, -0.25) is 0 Å². The Morgan fingerprint density at radius 3 is 1.42 bits per heavy atom. The molecule has 6 rings (SSSR count). The number of phenols is 2. The Bertz CT molecular complexity index is 2550. The average Bonchev–Trinajstić information content (AvgIpc) is 3.22. The van der Waals surface area contributed by atoms with Crippen molar-refractivity contribution in [2.45, 2.75) is 32.1 Å². The molecule has 6 aromatic rings. The van der Waals surface area contributed by atoms with E-state index in [1.54, 1.807) is 12.1 Å². The summed E-state index contributed by atoms with van der Waals surface area (Å²) < 4.78 is 101. The number of hydrogen-bond acceptors (Lipinski definition) is 7. The van der Waals surface area contributed by atoms with Gasteiger partial charge in [0, 0.05) is 33.9 Å². The van der Waals surface area contributed by atoms with Crippen LogP contribution in [-0.4, -0.2) is 39.4 Å². The molecule has 8 N–H and O–H groups in total. The number of oxime groups is 2. The van der Waals surface area contributed by atoms with Gasteiger partial charge >= 0.3 is 12.4 Å². The van der Waals surface area contributed by atoms with E-state index in [4.69, 9.17) is 16.2 Å². The van der Waals surface area contributed by atoms with Gasteiger partial charge in [0.2, 0.25) is 0 Å². The van der Waals surface area contributed by atoms with Crippen molar-refractivity contribution >= 4 is 11.7 Å². The van der Waals surface area contributed by atoms with Gasteiger partial charge in [-0.1, -0.05) is 72.7 Å². The van der Waals surface area contributed by atoms with Crippen molar-refractivity contribution in [3.05, 3.63) is 149 Å². The van der Waals surface area contributed by atoms with Gasteiger partial charge in [-0.25, -0.2) is 4.39 Å². The molecule has 0 aromatic heterocycles.